The van der Waals surface area contributed by atoms with E-state index in [4.69, 9.17) is 4.74 Å². The van der Waals surface area contributed by atoms with Crippen molar-refractivity contribution in [3.8, 4) is 0 Å². The SMILES string of the molecule is CC(C)CN1C(=O)c2ccccc2C(OC(=O)O)C1c1cncnc1. The van der Waals surface area contributed by atoms with Crippen molar-refractivity contribution >= 4 is 12.1 Å². The van der Waals surface area contributed by atoms with Crippen molar-refractivity contribution < 1.29 is 19.4 Å². The lowest BCUT2D eigenvalue weighted by molar-refractivity contribution is -0.00907. The summed E-state index contributed by atoms with van der Waals surface area (Å²) in [7, 11) is 0. The Bertz CT molecular complexity index is 779. The molecule has 1 aliphatic heterocycles. The first-order valence-corrected chi connectivity index (χ1v) is 8.03. The summed E-state index contributed by atoms with van der Waals surface area (Å²) in [4.78, 5) is 34.0. The average molecular weight is 341 g/mol. The number of carbonyl (C=O) groups excluding carboxylic acids is 1. The molecule has 3 rings (SSSR count). The van der Waals surface area contributed by atoms with Crippen LogP contribution in [0.1, 0.15) is 47.5 Å². The van der Waals surface area contributed by atoms with E-state index in [-0.39, 0.29) is 11.8 Å². The zero-order valence-electron chi connectivity index (χ0n) is 14.0. The molecular weight excluding hydrogens is 322 g/mol. The van der Waals surface area contributed by atoms with Gasteiger partial charge in [-0.3, -0.25) is 4.79 Å². The highest BCUT2D eigenvalue weighted by Crippen LogP contribution is 2.43. The van der Waals surface area contributed by atoms with Crippen LogP contribution < -0.4 is 0 Å². The summed E-state index contributed by atoms with van der Waals surface area (Å²) in [6.07, 6.45) is 2.34. The van der Waals surface area contributed by atoms with Gasteiger partial charge in [0, 0.05) is 35.6 Å². The molecule has 2 atom stereocenters. The lowest BCUT2D eigenvalue weighted by atomic mass is 9.87. The second-order valence-corrected chi connectivity index (χ2v) is 6.36. The Balaban J connectivity index is 2.17. The minimum atomic E-state index is -1.39. The number of hydrogen-bond donors (Lipinski definition) is 1. The number of ether oxygens (including phenoxy) is 1. The van der Waals surface area contributed by atoms with Gasteiger partial charge in [0.1, 0.15) is 12.4 Å². The summed E-state index contributed by atoms with van der Waals surface area (Å²) in [5, 5.41) is 9.23. The van der Waals surface area contributed by atoms with E-state index in [1.165, 1.54) is 6.33 Å². The van der Waals surface area contributed by atoms with Crippen molar-refractivity contribution in [3.05, 3.63) is 59.7 Å². The van der Waals surface area contributed by atoms with Gasteiger partial charge < -0.3 is 14.7 Å². The van der Waals surface area contributed by atoms with Gasteiger partial charge in [-0.05, 0) is 12.0 Å². The smallest absolute Gasteiger partial charge is 0.450 e. The van der Waals surface area contributed by atoms with Crippen LogP contribution >= 0.6 is 0 Å². The number of carbonyl (C=O) groups is 2. The summed E-state index contributed by atoms with van der Waals surface area (Å²) in [6.45, 7) is 4.46. The highest BCUT2D eigenvalue weighted by molar-refractivity contribution is 5.97. The van der Waals surface area contributed by atoms with Crippen LogP contribution in [-0.2, 0) is 4.74 Å². The van der Waals surface area contributed by atoms with Crippen molar-refractivity contribution in [3.63, 3.8) is 0 Å². The van der Waals surface area contributed by atoms with Gasteiger partial charge in [-0.1, -0.05) is 32.0 Å². The first-order chi connectivity index (χ1) is 12.0. The van der Waals surface area contributed by atoms with E-state index >= 15 is 0 Å². The van der Waals surface area contributed by atoms with Gasteiger partial charge in [0.05, 0.1) is 0 Å². The summed E-state index contributed by atoms with van der Waals surface area (Å²) >= 11 is 0. The zero-order chi connectivity index (χ0) is 18.0. The molecule has 7 nitrogen and oxygen atoms in total. The van der Waals surface area contributed by atoms with Crippen molar-refractivity contribution in [2.75, 3.05) is 6.54 Å². The fourth-order valence-electron chi connectivity index (χ4n) is 3.20. The van der Waals surface area contributed by atoms with Gasteiger partial charge in [0.15, 0.2) is 6.10 Å². The van der Waals surface area contributed by atoms with Gasteiger partial charge in [-0.2, -0.15) is 0 Å². The summed E-state index contributed by atoms with van der Waals surface area (Å²) in [6, 6.07) is 6.34. The third-order valence-electron chi connectivity index (χ3n) is 4.09. The third kappa shape index (κ3) is 3.31. The van der Waals surface area contributed by atoms with Crippen molar-refractivity contribution in [2.24, 2.45) is 5.92 Å². The standard InChI is InChI=1S/C18H19N3O4/c1-11(2)9-21-15(12-7-19-10-20-8-12)16(25-18(23)24)13-5-3-4-6-14(13)17(21)22/h3-8,10-11,15-16H,9H2,1-2H3,(H,23,24). The third-order valence-corrected chi connectivity index (χ3v) is 4.09. The molecule has 25 heavy (non-hydrogen) atoms. The van der Waals surface area contributed by atoms with E-state index in [0.29, 0.717) is 23.2 Å². The molecule has 0 radical (unpaired) electrons. The van der Waals surface area contributed by atoms with Gasteiger partial charge in [-0.25, -0.2) is 14.8 Å². The van der Waals surface area contributed by atoms with E-state index in [1.807, 2.05) is 13.8 Å². The highest BCUT2D eigenvalue weighted by Gasteiger charge is 2.43. The van der Waals surface area contributed by atoms with Crippen LogP contribution in [0.3, 0.4) is 0 Å². The zero-order valence-corrected chi connectivity index (χ0v) is 14.0. The van der Waals surface area contributed by atoms with Gasteiger partial charge in [-0.15, -0.1) is 0 Å². The van der Waals surface area contributed by atoms with Crippen LogP contribution in [0.5, 0.6) is 0 Å². The monoisotopic (exact) mass is 341 g/mol. The van der Waals surface area contributed by atoms with Crippen LogP contribution in [0.4, 0.5) is 4.79 Å². The van der Waals surface area contributed by atoms with E-state index in [0.717, 1.165) is 0 Å². The molecule has 0 spiro atoms. The molecule has 0 bridgehead atoms. The van der Waals surface area contributed by atoms with Crippen LogP contribution in [0.15, 0.2) is 43.0 Å². The Labute approximate surface area is 145 Å². The van der Waals surface area contributed by atoms with Crippen molar-refractivity contribution in [1.29, 1.82) is 0 Å². The maximum absolute atomic E-state index is 13.0. The molecule has 1 amide bonds. The normalized spacial score (nSPS) is 19.6. The molecule has 7 heteroatoms. The average Bonchev–Trinajstić information content (AvgIpc) is 2.59. The van der Waals surface area contributed by atoms with Crippen molar-refractivity contribution in [1.82, 2.24) is 14.9 Å². The lowest BCUT2D eigenvalue weighted by Gasteiger charge is -2.41. The molecule has 2 heterocycles. The summed E-state index contributed by atoms with van der Waals surface area (Å²) in [5.41, 5.74) is 1.66. The van der Waals surface area contributed by atoms with Gasteiger partial charge in [0.25, 0.3) is 5.91 Å². The molecule has 0 saturated carbocycles. The number of hydrogen-bond acceptors (Lipinski definition) is 5. The van der Waals surface area contributed by atoms with E-state index in [9.17, 15) is 14.7 Å². The molecule has 1 aromatic heterocycles. The van der Waals surface area contributed by atoms with Crippen molar-refractivity contribution in [2.45, 2.75) is 26.0 Å². The number of fused-ring (bicyclic) bond motifs is 1. The number of benzene rings is 1. The topological polar surface area (TPSA) is 92.6 Å². The molecule has 1 aliphatic rings. The van der Waals surface area contributed by atoms with Crippen LogP contribution in [0.2, 0.25) is 0 Å². The van der Waals surface area contributed by atoms with E-state index in [1.54, 1.807) is 41.6 Å². The Morgan fingerprint density at radius 2 is 1.96 bits per heavy atom. The second-order valence-electron chi connectivity index (χ2n) is 6.36. The number of aromatic nitrogens is 2. The first-order valence-electron chi connectivity index (χ1n) is 8.03. The largest absolute Gasteiger partial charge is 0.506 e. The molecule has 130 valence electrons. The van der Waals surface area contributed by atoms with Crippen LogP contribution in [0, 0.1) is 5.92 Å². The Morgan fingerprint density at radius 1 is 1.28 bits per heavy atom. The van der Waals surface area contributed by atoms with Gasteiger partial charge in [0.2, 0.25) is 0 Å². The molecular formula is C18H19N3O4. The number of nitrogens with zero attached hydrogens (tertiary/aromatic N) is 3. The molecule has 2 unspecified atom stereocenters. The Morgan fingerprint density at radius 3 is 2.60 bits per heavy atom. The van der Waals surface area contributed by atoms with E-state index in [2.05, 4.69) is 9.97 Å². The second kappa shape index (κ2) is 6.88. The minimum Gasteiger partial charge on any atom is -0.450 e. The Kier molecular flexibility index (Phi) is 4.65. The first kappa shape index (κ1) is 16.9. The number of amides is 1. The minimum absolute atomic E-state index is 0.150. The predicted molar refractivity (Wildman–Crippen MR) is 88.9 cm³/mol. The molecule has 1 N–H and O–H groups in total. The van der Waals surface area contributed by atoms with Crippen LogP contribution in [0.25, 0.3) is 0 Å². The quantitative estimate of drug-likeness (QED) is 0.859. The molecule has 0 saturated heterocycles. The van der Waals surface area contributed by atoms with E-state index < -0.39 is 18.3 Å². The predicted octanol–water partition coefficient (Wildman–Crippen LogP) is 3.07. The fourth-order valence-corrected chi connectivity index (χ4v) is 3.20. The molecule has 2 aromatic rings. The molecule has 0 fully saturated rings. The summed E-state index contributed by atoms with van der Waals surface area (Å²) < 4.78 is 5.21. The number of carboxylic acid groups (broad SMARTS) is 1. The molecule has 1 aromatic carbocycles. The van der Waals surface area contributed by atoms with Crippen LogP contribution in [-0.4, -0.2) is 38.6 Å². The Hall–Kier alpha value is -2.96. The number of rotatable bonds is 4. The molecule has 0 aliphatic carbocycles. The maximum atomic E-state index is 13.0. The fraction of sp³-hybridized carbons (Fsp3) is 0.333. The summed E-state index contributed by atoms with van der Waals surface area (Å²) in [5.74, 6) is 0.0511. The lowest BCUT2D eigenvalue weighted by Crippen LogP contribution is -2.45. The van der Waals surface area contributed by atoms with Gasteiger partial charge >= 0.3 is 6.16 Å². The highest BCUT2D eigenvalue weighted by atomic mass is 16.7. The maximum Gasteiger partial charge on any atom is 0.506 e.